The molecular formula is C29H30BrN5OS. The van der Waals surface area contributed by atoms with Crippen molar-refractivity contribution in [2.24, 2.45) is 5.92 Å². The molecule has 0 aliphatic carbocycles. The number of aryl methyl sites for hydroxylation is 3. The van der Waals surface area contributed by atoms with Gasteiger partial charge in [0.2, 0.25) is 17.0 Å². The first-order chi connectivity index (χ1) is 17.8. The monoisotopic (exact) mass is 575 g/mol. The average Bonchev–Trinajstić information content (AvgIpc) is 3.26. The molecule has 190 valence electrons. The molecule has 2 heterocycles. The van der Waals surface area contributed by atoms with Gasteiger partial charge in [-0.25, -0.2) is 4.68 Å². The molecule has 0 saturated heterocycles. The van der Waals surface area contributed by atoms with Gasteiger partial charge in [-0.1, -0.05) is 87.3 Å². The Morgan fingerprint density at radius 2 is 1.84 bits per heavy atom. The van der Waals surface area contributed by atoms with Gasteiger partial charge in [-0.15, -0.1) is 5.10 Å². The standard InChI is InChI=1S/C29H30BrN5OS/c1-17-7-5-8-21(14-17)16-37-29-33-28-31-20(4)25(27(36)32-24-12-11-18(2)13-19(24)3)26(35(28)34-29)22-9-6-10-23(30)15-22/h5-15,20,25-26H,16H2,1-4H3,(H,32,36)(H,31,33,34)/t20-,25-,26-/m1/s1. The number of aromatic nitrogens is 3. The molecule has 1 aromatic heterocycles. The molecule has 6 nitrogen and oxygen atoms in total. The topological polar surface area (TPSA) is 71.8 Å². The number of carbonyl (C=O) groups is 1. The molecule has 0 spiro atoms. The van der Waals surface area contributed by atoms with Gasteiger partial charge in [0.1, 0.15) is 0 Å². The molecule has 0 bridgehead atoms. The number of thioether (sulfide) groups is 1. The van der Waals surface area contributed by atoms with E-state index in [2.05, 4.69) is 82.9 Å². The first kappa shape index (κ1) is 25.5. The summed E-state index contributed by atoms with van der Waals surface area (Å²) in [7, 11) is 0. The molecule has 2 N–H and O–H groups in total. The van der Waals surface area contributed by atoms with Crippen molar-refractivity contribution in [3.63, 3.8) is 0 Å². The maximum absolute atomic E-state index is 13.8. The summed E-state index contributed by atoms with van der Waals surface area (Å²) in [5.41, 5.74) is 6.50. The van der Waals surface area contributed by atoms with Gasteiger partial charge in [0.25, 0.3) is 0 Å². The third-order valence-corrected chi connectivity index (χ3v) is 8.10. The van der Waals surface area contributed by atoms with Crippen LogP contribution in [-0.2, 0) is 10.5 Å². The zero-order valence-corrected chi connectivity index (χ0v) is 23.7. The van der Waals surface area contributed by atoms with E-state index in [1.807, 2.05) is 42.8 Å². The lowest BCUT2D eigenvalue weighted by atomic mass is 9.85. The molecule has 8 heteroatoms. The molecule has 0 fully saturated rings. The van der Waals surface area contributed by atoms with Gasteiger partial charge in [0.05, 0.1) is 12.0 Å². The van der Waals surface area contributed by atoms with Crippen LogP contribution in [0.25, 0.3) is 0 Å². The van der Waals surface area contributed by atoms with Crippen molar-refractivity contribution < 1.29 is 4.79 Å². The summed E-state index contributed by atoms with van der Waals surface area (Å²) >= 11 is 5.21. The molecule has 0 saturated carbocycles. The van der Waals surface area contributed by atoms with E-state index >= 15 is 0 Å². The van der Waals surface area contributed by atoms with Crippen molar-refractivity contribution in [3.05, 3.63) is 99.0 Å². The molecule has 5 rings (SSSR count). The lowest BCUT2D eigenvalue weighted by Crippen LogP contribution is -2.46. The fourth-order valence-corrected chi connectivity index (χ4v) is 6.09. The number of hydrogen-bond acceptors (Lipinski definition) is 5. The Kier molecular flexibility index (Phi) is 7.40. The maximum Gasteiger partial charge on any atom is 0.232 e. The molecule has 1 aliphatic rings. The highest BCUT2D eigenvalue weighted by molar-refractivity contribution is 9.10. The van der Waals surface area contributed by atoms with Gasteiger partial charge in [0, 0.05) is 22.0 Å². The molecule has 0 unspecified atom stereocenters. The van der Waals surface area contributed by atoms with Gasteiger partial charge < -0.3 is 10.6 Å². The third-order valence-electron chi connectivity index (χ3n) is 6.69. The summed E-state index contributed by atoms with van der Waals surface area (Å²) in [4.78, 5) is 18.6. The summed E-state index contributed by atoms with van der Waals surface area (Å²) in [6.45, 7) is 8.20. The zero-order chi connectivity index (χ0) is 26.1. The Hall–Kier alpha value is -3.10. The number of hydrogen-bond donors (Lipinski definition) is 2. The van der Waals surface area contributed by atoms with Gasteiger partial charge in [0.15, 0.2) is 0 Å². The molecule has 37 heavy (non-hydrogen) atoms. The molecule has 1 amide bonds. The van der Waals surface area contributed by atoms with Crippen LogP contribution in [0, 0.1) is 26.7 Å². The van der Waals surface area contributed by atoms with Crippen LogP contribution in [0.4, 0.5) is 11.6 Å². The minimum atomic E-state index is -0.404. The van der Waals surface area contributed by atoms with E-state index in [1.165, 1.54) is 11.1 Å². The van der Waals surface area contributed by atoms with Crippen molar-refractivity contribution in [1.29, 1.82) is 0 Å². The van der Waals surface area contributed by atoms with Crippen molar-refractivity contribution >= 4 is 45.2 Å². The largest absolute Gasteiger partial charge is 0.351 e. The number of halogens is 1. The van der Waals surface area contributed by atoms with Crippen molar-refractivity contribution in [3.8, 4) is 0 Å². The Morgan fingerprint density at radius 3 is 2.59 bits per heavy atom. The van der Waals surface area contributed by atoms with Gasteiger partial charge in [-0.05, 0) is 62.6 Å². The third kappa shape index (κ3) is 5.60. The first-order valence-corrected chi connectivity index (χ1v) is 14.1. The SMILES string of the molecule is Cc1cccc(CSc2nc3n(n2)[C@H](c2cccc(Br)c2)[C@H](C(=O)Nc2ccc(C)cc2C)[C@@H](C)N3)c1. The first-order valence-electron chi connectivity index (χ1n) is 12.3. The Morgan fingerprint density at radius 1 is 1.05 bits per heavy atom. The van der Waals surface area contributed by atoms with E-state index in [9.17, 15) is 4.79 Å². The summed E-state index contributed by atoms with van der Waals surface area (Å²) in [5.74, 6) is 1.00. The fraction of sp³-hybridized carbons (Fsp3) is 0.276. The lowest BCUT2D eigenvalue weighted by Gasteiger charge is -2.37. The van der Waals surface area contributed by atoms with Crippen LogP contribution in [0.3, 0.4) is 0 Å². The van der Waals surface area contributed by atoms with Gasteiger partial charge in [-0.2, -0.15) is 4.98 Å². The quantitative estimate of drug-likeness (QED) is 0.244. The summed E-state index contributed by atoms with van der Waals surface area (Å²) < 4.78 is 2.84. The Labute approximate surface area is 230 Å². The van der Waals surface area contributed by atoms with Crippen molar-refractivity contribution in [2.75, 3.05) is 10.6 Å². The van der Waals surface area contributed by atoms with Crippen LogP contribution >= 0.6 is 27.7 Å². The van der Waals surface area contributed by atoms with E-state index in [-0.39, 0.29) is 18.0 Å². The van der Waals surface area contributed by atoms with E-state index in [1.54, 1.807) is 11.8 Å². The van der Waals surface area contributed by atoms with Crippen molar-refractivity contribution in [1.82, 2.24) is 14.8 Å². The lowest BCUT2D eigenvalue weighted by molar-refractivity contribution is -0.121. The molecule has 1 aliphatic heterocycles. The van der Waals surface area contributed by atoms with Gasteiger partial charge in [-0.3, -0.25) is 4.79 Å². The number of rotatable bonds is 6. The highest BCUT2D eigenvalue weighted by Crippen LogP contribution is 2.39. The van der Waals surface area contributed by atoms with Crippen LogP contribution in [0.5, 0.6) is 0 Å². The number of carbonyl (C=O) groups excluding carboxylic acids is 1. The predicted octanol–water partition coefficient (Wildman–Crippen LogP) is 6.92. The molecule has 3 atom stereocenters. The number of nitrogens with zero attached hydrogens (tertiary/aromatic N) is 3. The second kappa shape index (κ2) is 10.7. The second-order valence-corrected chi connectivity index (χ2v) is 11.6. The number of amides is 1. The summed E-state index contributed by atoms with van der Waals surface area (Å²) in [6, 6.07) is 22.2. The second-order valence-electron chi connectivity index (χ2n) is 9.71. The Bertz CT molecular complexity index is 1450. The molecule has 3 aromatic carbocycles. The zero-order valence-electron chi connectivity index (χ0n) is 21.3. The number of anilines is 2. The number of fused-ring (bicyclic) bond motifs is 1. The highest BCUT2D eigenvalue weighted by atomic mass is 79.9. The summed E-state index contributed by atoms with van der Waals surface area (Å²) in [5, 5.41) is 12.2. The average molecular weight is 577 g/mol. The van der Waals surface area contributed by atoms with Crippen LogP contribution in [0.2, 0.25) is 0 Å². The minimum absolute atomic E-state index is 0.0490. The van der Waals surface area contributed by atoms with E-state index < -0.39 is 5.92 Å². The van der Waals surface area contributed by atoms with Crippen LogP contribution < -0.4 is 10.6 Å². The summed E-state index contributed by atoms with van der Waals surface area (Å²) in [6.07, 6.45) is 0. The minimum Gasteiger partial charge on any atom is -0.351 e. The predicted molar refractivity (Wildman–Crippen MR) is 154 cm³/mol. The molecular weight excluding hydrogens is 546 g/mol. The van der Waals surface area contributed by atoms with Crippen LogP contribution in [0.15, 0.2) is 76.4 Å². The number of benzene rings is 3. The van der Waals surface area contributed by atoms with Crippen LogP contribution in [0.1, 0.15) is 40.8 Å². The molecule has 0 radical (unpaired) electrons. The van der Waals surface area contributed by atoms with Crippen molar-refractivity contribution in [2.45, 2.75) is 50.7 Å². The molecule has 4 aromatic rings. The highest BCUT2D eigenvalue weighted by Gasteiger charge is 2.42. The number of nitrogens with one attached hydrogen (secondary N) is 2. The van der Waals surface area contributed by atoms with E-state index in [0.717, 1.165) is 32.6 Å². The maximum atomic E-state index is 13.8. The Balaban J connectivity index is 1.48. The van der Waals surface area contributed by atoms with Crippen LogP contribution in [-0.4, -0.2) is 26.7 Å². The fourth-order valence-electron chi connectivity index (χ4n) is 4.91. The van der Waals surface area contributed by atoms with E-state index in [4.69, 9.17) is 10.1 Å². The van der Waals surface area contributed by atoms with E-state index in [0.29, 0.717) is 11.1 Å². The smallest absolute Gasteiger partial charge is 0.232 e. The normalized spacial score (nSPS) is 18.7. The van der Waals surface area contributed by atoms with Gasteiger partial charge >= 0.3 is 0 Å².